The van der Waals surface area contributed by atoms with E-state index in [1.165, 1.54) is 12.1 Å². The van der Waals surface area contributed by atoms with Crippen LogP contribution in [-0.4, -0.2) is 24.4 Å². The molecule has 0 saturated carbocycles. The fourth-order valence-electron chi connectivity index (χ4n) is 1.92. The van der Waals surface area contributed by atoms with Gasteiger partial charge in [-0.2, -0.15) is 0 Å². The SMILES string of the molecule is CCOC1CCCN1c1cccnc1. The third kappa shape index (κ3) is 1.87. The van der Waals surface area contributed by atoms with E-state index in [0.717, 1.165) is 19.6 Å². The molecule has 0 radical (unpaired) electrons. The highest BCUT2D eigenvalue weighted by Gasteiger charge is 2.24. The van der Waals surface area contributed by atoms with E-state index in [1.807, 2.05) is 19.2 Å². The quantitative estimate of drug-likeness (QED) is 0.732. The van der Waals surface area contributed by atoms with E-state index in [0.29, 0.717) is 0 Å². The summed E-state index contributed by atoms with van der Waals surface area (Å²) in [7, 11) is 0. The minimum Gasteiger partial charge on any atom is -0.359 e. The summed E-state index contributed by atoms with van der Waals surface area (Å²) in [6.07, 6.45) is 6.29. The van der Waals surface area contributed by atoms with Gasteiger partial charge in [-0.3, -0.25) is 4.98 Å². The Kier molecular flexibility index (Phi) is 2.99. The summed E-state index contributed by atoms with van der Waals surface area (Å²) in [5.41, 5.74) is 1.17. The van der Waals surface area contributed by atoms with Crippen molar-refractivity contribution in [2.45, 2.75) is 26.0 Å². The van der Waals surface area contributed by atoms with Crippen LogP contribution in [0.4, 0.5) is 5.69 Å². The van der Waals surface area contributed by atoms with Gasteiger partial charge in [0.2, 0.25) is 0 Å². The standard InChI is InChI=1S/C11H16N2O/c1-2-14-11-6-4-8-13(11)10-5-3-7-12-9-10/h3,5,7,9,11H,2,4,6,8H2,1H3. The Morgan fingerprint density at radius 3 is 3.29 bits per heavy atom. The predicted molar refractivity (Wildman–Crippen MR) is 56.2 cm³/mol. The Labute approximate surface area is 84.7 Å². The molecular formula is C11H16N2O. The summed E-state index contributed by atoms with van der Waals surface area (Å²) in [6, 6.07) is 4.06. The second kappa shape index (κ2) is 4.42. The van der Waals surface area contributed by atoms with Crippen molar-refractivity contribution < 1.29 is 4.74 Å². The number of nitrogens with zero attached hydrogens (tertiary/aromatic N) is 2. The molecule has 1 fully saturated rings. The van der Waals surface area contributed by atoms with Gasteiger partial charge in [-0.15, -0.1) is 0 Å². The maximum atomic E-state index is 5.67. The Morgan fingerprint density at radius 1 is 1.64 bits per heavy atom. The Balaban J connectivity index is 2.10. The van der Waals surface area contributed by atoms with Gasteiger partial charge in [-0.1, -0.05) is 0 Å². The molecule has 0 spiro atoms. The molecule has 1 aromatic heterocycles. The lowest BCUT2D eigenvalue weighted by Crippen LogP contribution is -2.31. The highest BCUT2D eigenvalue weighted by atomic mass is 16.5. The first-order valence-corrected chi connectivity index (χ1v) is 5.20. The molecule has 14 heavy (non-hydrogen) atoms. The van der Waals surface area contributed by atoms with Crippen molar-refractivity contribution in [2.24, 2.45) is 0 Å². The predicted octanol–water partition coefficient (Wildman–Crippen LogP) is 2.04. The molecule has 76 valence electrons. The Bertz CT molecular complexity index is 276. The Morgan fingerprint density at radius 2 is 2.57 bits per heavy atom. The van der Waals surface area contributed by atoms with Gasteiger partial charge in [0.15, 0.2) is 0 Å². The van der Waals surface area contributed by atoms with Crippen LogP contribution in [0.2, 0.25) is 0 Å². The number of anilines is 1. The van der Waals surface area contributed by atoms with Crippen LogP contribution in [0.1, 0.15) is 19.8 Å². The number of hydrogen-bond donors (Lipinski definition) is 0. The van der Waals surface area contributed by atoms with E-state index in [2.05, 4.69) is 16.0 Å². The van der Waals surface area contributed by atoms with Gasteiger partial charge in [0.05, 0.1) is 11.9 Å². The van der Waals surface area contributed by atoms with Crippen LogP contribution >= 0.6 is 0 Å². The molecule has 1 aliphatic heterocycles. The average molecular weight is 192 g/mol. The maximum Gasteiger partial charge on any atom is 0.130 e. The van der Waals surface area contributed by atoms with Crippen LogP contribution in [-0.2, 0) is 4.74 Å². The number of pyridine rings is 1. The Hall–Kier alpha value is -1.09. The monoisotopic (exact) mass is 192 g/mol. The lowest BCUT2D eigenvalue weighted by Gasteiger charge is -2.25. The molecule has 1 saturated heterocycles. The molecule has 1 unspecified atom stereocenters. The van der Waals surface area contributed by atoms with Crippen LogP contribution in [0, 0.1) is 0 Å². The molecule has 3 nitrogen and oxygen atoms in total. The van der Waals surface area contributed by atoms with E-state index < -0.39 is 0 Å². The summed E-state index contributed by atoms with van der Waals surface area (Å²) < 4.78 is 5.67. The van der Waals surface area contributed by atoms with Crippen molar-refractivity contribution in [3.63, 3.8) is 0 Å². The molecule has 3 heteroatoms. The van der Waals surface area contributed by atoms with Gasteiger partial charge in [-0.25, -0.2) is 0 Å². The van der Waals surface area contributed by atoms with Crippen LogP contribution < -0.4 is 4.90 Å². The molecule has 0 aromatic carbocycles. The van der Waals surface area contributed by atoms with Crippen molar-refractivity contribution in [3.8, 4) is 0 Å². The zero-order valence-corrected chi connectivity index (χ0v) is 8.52. The topological polar surface area (TPSA) is 25.4 Å². The first-order chi connectivity index (χ1) is 6.92. The van der Waals surface area contributed by atoms with Crippen LogP contribution in [0.15, 0.2) is 24.5 Å². The number of hydrogen-bond acceptors (Lipinski definition) is 3. The average Bonchev–Trinajstić information content (AvgIpc) is 2.68. The first-order valence-electron chi connectivity index (χ1n) is 5.20. The smallest absolute Gasteiger partial charge is 0.130 e. The summed E-state index contributed by atoms with van der Waals surface area (Å²) >= 11 is 0. The molecule has 0 bridgehead atoms. The second-order valence-electron chi connectivity index (χ2n) is 3.46. The molecule has 2 heterocycles. The summed E-state index contributed by atoms with van der Waals surface area (Å²) in [5.74, 6) is 0. The van der Waals surface area contributed by atoms with Crippen molar-refractivity contribution in [1.29, 1.82) is 0 Å². The van der Waals surface area contributed by atoms with Gasteiger partial charge < -0.3 is 9.64 Å². The van der Waals surface area contributed by atoms with Crippen molar-refractivity contribution >= 4 is 5.69 Å². The summed E-state index contributed by atoms with van der Waals surface area (Å²) in [5, 5.41) is 0. The molecule has 0 aliphatic carbocycles. The van der Waals surface area contributed by atoms with Crippen molar-refractivity contribution in [3.05, 3.63) is 24.5 Å². The minimum absolute atomic E-state index is 0.254. The van der Waals surface area contributed by atoms with Gasteiger partial charge >= 0.3 is 0 Å². The summed E-state index contributed by atoms with van der Waals surface area (Å²) in [6.45, 7) is 3.90. The van der Waals surface area contributed by atoms with Gasteiger partial charge in [0.1, 0.15) is 6.23 Å². The van der Waals surface area contributed by atoms with Crippen LogP contribution in [0.5, 0.6) is 0 Å². The fraction of sp³-hybridized carbons (Fsp3) is 0.545. The van der Waals surface area contributed by atoms with E-state index in [9.17, 15) is 0 Å². The molecule has 1 atom stereocenters. The first kappa shape index (κ1) is 9.46. The lowest BCUT2D eigenvalue weighted by molar-refractivity contribution is 0.0706. The fourth-order valence-corrected chi connectivity index (χ4v) is 1.92. The largest absolute Gasteiger partial charge is 0.359 e. The molecule has 1 aliphatic rings. The molecule has 2 rings (SSSR count). The van der Waals surface area contributed by atoms with E-state index in [-0.39, 0.29) is 6.23 Å². The van der Waals surface area contributed by atoms with Gasteiger partial charge in [0.25, 0.3) is 0 Å². The van der Waals surface area contributed by atoms with Gasteiger partial charge in [0, 0.05) is 19.3 Å². The second-order valence-corrected chi connectivity index (χ2v) is 3.46. The van der Waals surface area contributed by atoms with Crippen molar-refractivity contribution in [2.75, 3.05) is 18.1 Å². The van der Waals surface area contributed by atoms with Gasteiger partial charge in [-0.05, 0) is 31.9 Å². The highest BCUT2D eigenvalue weighted by molar-refractivity contribution is 5.45. The molecular weight excluding hydrogens is 176 g/mol. The van der Waals surface area contributed by atoms with Crippen molar-refractivity contribution in [1.82, 2.24) is 4.98 Å². The molecule has 1 aromatic rings. The van der Waals surface area contributed by atoms with E-state index in [1.54, 1.807) is 6.20 Å². The lowest BCUT2D eigenvalue weighted by atomic mass is 10.3. The third-order valence-electron chi connectivity index (χ3n) is 2.53. The third-order valence-corrected chi connectivity index (χ3v) is 2.53. The number of ether oxygens (including phenoxy) is 1. The van der Waals surface area contributed by atoms with Crippen LogP contribution in [0.3, 0.4) is 0 Å². The maximum absolute atomic E-state index is 5.67. The van der Waals surface area contributed by atoms with E-state index >= 15 is 0 Å². The zero-order chi connectivity index (χ0) is 9.80. The minimum atomic E-state index is 0.254. The number of rotatable bonds is 3. The van der Waals surface area contributed by atoms with Crippen LogP contribution in [0.25, 0.3) is 0 Å². The zero-order valence-electron chi connectivity index (χ0n) is 8.52. The molecule has 0 N–H and O–H groups in total. The summed E-state index contributed by atoms with van der Waals surface area (Å²) in [4.78, 5) is 6.41. The van der Waals surface area contributed by atoms with E-state index in [4.69, 9.17) is 4.74 Å². The normalized spacial score (nSPS) is 21.5. The number of aromatic nitrogens is 1. The highest BCUT2D eigenvalue weighted by Crippen LogP contribution is 2.24. The molecule has 0 amide bonds.